The highest BCUT2D eigenvalue weighted by molar-refractivity contribution is 7.90. The van der Waals surface area contributed by atoms with Crippen LogP contribution in [0.25, 0.3) is 16.6 Å². The average molecular weight is 901 g/mol. The van der Waals surface area contributed by atoms with Gasteiger partial charge >= 0.3 is 0 Å². The van der Waals surface area contributed by atoms with Crippen molar-refractivity contribution in [2.45, 2.75) is 50.8 Å². The predicted octanol–water partition coefficient (Wildman–Crippen LogP) is 9.62. The minimum absolute atomic E-state index is 0.0461. The quantitative estimate of drug-likeness (QED) is 0.0895. The molecule has 4 heterocycles. The molecular weight excluding hydrogens is 852 g/mol. The summed E-state index contributed by atoms with van der Waals surface area (Å²) in [6.07, 6.45) is 7.45. The number of ether oxygens (including phenoxy) is 2. The SMILES string of the molecule is CC1(C)CCC(CN2CCN(c3ccc(C(=O)NS(=O)(=O)c4cc5c(c([N+](=O)[O-])c4)C[C@H](Cc4ccccc4)CO5)c(Oc4cnc5[nH]ccc5c4)c3)CC2)=C(c2ccc(Cl)cc2)C1. The third kappa shape index (κ3) is 9.49. The van der Waals surface area contributed by atoms with E-state index in [1.165, 1.54) is 29.0 Å². The number of aromatic amines is 1. The number of nitro benzene ring substituents is 1. The molecule has 1 aliphatic carbocycles. The van der Waals surface area contributed by atoms with Crippen LogP contribution in [-0.2, 0) is 22.9 Å². The summed E-state index contributed by atoms with van der Waals surface area (Å²) in [4.78, 5) is 37.5. The van der Waals surface area contributed by atoms with Gasteiger partial charge in [0, 0.05) is 79.1 Å². The number of carbonyl (C=O) groups excluding carboxylic acids is 1. The summed E-state index contributed by atoms with van der Waals surface area (Å²) in [6, 6.07) is 28.9. The van der Waals surface area contributed by atoms with E-state index in [0.29, 0.717) is 29.8 Å². The second-order valence-corrected chi connectivity index (χ2v) is 19.9. The van der Waals surface area contributed by atoms with Crippen molar-refractivity contribution in [3.63, 3.8) is 0 Å². The number of piperazine rings is 1. The van der Waals surface area contributed by atoms with Crippen molar-refractivity contribution in [1.29, 1.82) is 0 Å². The fourth-order valence-corrected chi connectivity index (χ4v) is 10.2. The molecule has 1 atom stereocenters. The number of hydrogen-bond acceptors (Lipinski definition) is 10. The fourth-order valence-electron chi connectivity index (χ4n) is 9.11. The van der Waals surface area contributed by atoms with Crippen LogP contribution in [0, 0.1) is 21.4 Å². The van der Waals surface area contributed by atoms with Gasteiger partial charge in [-0.05, 0) is 90.6 Å². The van der Waals surface area contributed by atoms with Gasteiger partial charge in [0.05, 0.1) is 33.7 Å². The Morgan fingerprint density at radius 1 is 1.02 bits per heavy atom. The number of H-pyrrole nitrogens is 1. The number of allylic oxidation sites excluding steroid dienone is 1. The van der Waals surface area contributed by atoms with Crippen LogP contribution >= 0.6 is 11.6 Å². The maximum Gasteiger partial charge on any atom is 0.277 e. The lowest BCUT2D eigenvalue weighted by molar-refractivity contribution is -0.386. The van der Waals surface area contributed by atoms with Crippen molar-refractivity contribution < 1.29 is 27.6 Å². The number of anilines is 1. The second-order valence-electron chi connectivity index (χ2n) is 17.7. The molecule has 2 N–H and O–H groups in total. The number of rotatable bonds is 12. The summed E-state index contributed by atoms with van der Waals surface area (Å²) in [5.74, 6) is -0.439. The molecule has 0 bridgehead atoms. The smallest absolute Gasteiger partial charge is 0.277 e. The predicted molar refractivity (Wildman–Crippen MR) is 248 cm³/mol. The van der Waals surface area contributed by atoms with E-state index in [9.17, 15) is 23.3 Å². The molecule has 6 aromatic rings. The number of pyridine rings is 1. The van der Waals surface area contributed by atoms with E-state index in [1.807, 2.05) is 48.5 Å². The first-order valence-corrected chi connectivity index (χ1v) is 23.4. The van der Waals surface area contributed by atoms with E-state index < -0.39 is 25.7 Å². The first-order chi connectivity index (χ1) is 30.8. The Bertz CT molecular complexity index is 2870. The highest BCUT2D eigenvalue weighted by atomic mass is 35.5. The van der Waals surface area contributed by atoms with E-state index in [4.69, 9.17) is 21.1 Å². The highest BCUT2D eigenvalue weighted by Crippen LogP contribution is 2.44. The van der Waals surface area contributed by atoms with Crippen LogP contribution in [0.5, 0.6) is 17.2 Å². The number of nitro groups is 1. The number of benzene rings is 4. The van der Waals surface area contributed by atoms with Gasteiger partial charge in [-0.15, -0.1) is 0 Å². The number of fused-ring (bicyclic) bond motifs is 2. The van der Waals surface area contributed by atoms with Gasteiger partial charge in [-0.2, -0.15) is 0 Å². The van der Waals surface area contributed by atoms with Crippen LogP contribution in [0.2, 0.25) is 5.02 Å². The molecule has 3 aliphatic rings. The lowest BCUT2D eigenvalue weighted by Crippen LogP contribution is -2.47. The Morgan fingerprint density at radius 2 is 1.80 bits per heavy atom. The molecule has 9 rings (SSSR count). The Balaban J connectivity index is 0.945. The molecule has 0 saturated carbocycles. The van der Waals surface area contributed by atoms with Gasteiger partial charge in [0.15, 0.2) is 0 Å². The van der Waals surface area contributed by atoms with Crippen molar-refractivity contribution in [2.75, 3.05) is 44.2 Å². The number of nitrogens with zero attached hydrogens (tertiary/aromatic N) is 4. The summed E-state index contributed by atoms with van der Waals surface area (Å²) >= 11 is 6.25. The van der Waals surface area contributed by atoms with E-state index in [1.54, 1.807) is 30.5 Å². The van der Waals surface area contributed by atoms with Crippen molar-refractivity contribution in [1.82, 2.24) is 19.6 Å². The van der Waals surface area contributed by atoms with Crippen molar-refractivity contribution in [3.8, 4) is 17.2 Å². The van der Waals surface area contributed by atoms with E-state index >= 15 is 0 Å². The van der Waals surface area contributed by atoms with Crippen molar-refractivity contribution in [3.05, 3.63) is 152 Å². The number of halogens is 1. The van der Waals surface area contributed by atoms with Gasteiger partial charge < -0.3 is 19.4 Å². The Labute approximate surface area is 377 Å². The molecule has 1 amide bonds. The monoisotopic (exact) mass is 900 g/mol. The third-order valence-electron chi connectivity index (χ3n) is 12.6. The average Bonchev–Trinajstić information content (AvgIpc) is 3.75. The molecule has 0 spiro atoms. The maximum absolute atomic E-state index is 14.1. The third-order valence-corrected chi connectivity index (χ3v) is 14.1. The molecule has 0 unspecified atom stereocenters. The lowest BCUT2D eigenvalue weighted by atomic mass is 9.72. The number of amides is 1. The first-order valence-electron chi connectivity index (χ1n) is 21.5. The van der Waals surface area contributed by atoms with Crippen LogP contribution in [0.15, 0.2) is 120 Å². The second kappa shape index (κ2) is 17.7. The molecule has 2 aliphatic heterocycles. The summed E-state index contributed by atoms with van der Waals surface area (Å²) in [6.45, 7) is 8.87. The van der Waals surface area contributed by atoms with Gasteiger partial charge in [-0.1, -0.05) is 73.5 Å². The number of nitrogens with one attached hydrogen (secondary N) is 2. The van der Waals surface area contributed by atoms with E-state index in [-0.39, 0.29) is 40.7 Å². The summed E-state index contributed by atoms with van der Waals surface area (Å²) in [7, 11) is -4.63. The van der Waals surface area contributed by atoms with Gasteiger partial charge in [0.1, 0.15) is 22.9 Å². The summed E-state index contributed by atoms with van der Waals surface area (Å²) < 4.78 is 42.3. The lowest BCUT2D eigenvalue weighted by Gasteiger charge is -2.39. The molecule has 1 fully saturated rings. The number of hydrogen-bond donors (Lipinski definition) is 2. The molecule has 330 valence electrons. The largest absolute Gasteiger partial charge is 0.493 e. The van der Waals surface area contributed by atoms with E-state index in [0.717, 1.165) is 79.7 Å². The van der Waals surface area contributed by atoms with Crippen LogP contribution < -0.4 is 19.1 Å². The maximum atomic E-state index is 14.1. The molecular formula is C49H49ClN6O7S. The highest BCUT2D eigenvalue weighted by Gasteiger charge is 2.33. The van der Waals surface area contributed by atoms with Crippen LogP contribution in [-0.4, -0.2) is 73.4 Å². The zero-order valence-electron chi connectivity index (χ0n) is 35.7. The van der Waals surface area contributed by atoms with Gasteiger partial charge in [0.2, 0.25) is 0 Å². The molecule has 2 aromatic heterocycles. The summed E-state index contributed by atoms with van der Waals surface area (Å²) in [5.41, 5.74) is 6.75. The molecule has 4 aromatic carbocycles. The fraction of sp³-hybridized carbons (Fsp3) is 0.306. The van der Waals surface area contributed by atoms with Gasteiger partial charge in [0.25, 0.3) is 21.6 Å². The van der Waals surface area contributed by atoms with Crippen LogP contribution in [0.1, 0.15) is 60.2 Å². The zero-order chi connectivity index (χ0) is 44.6. The number of carbonyl (C=O) groups is 1. The minimum atomic E-state index is -4.63. The molecule has 0 radical (unpaired) electrons. The van der Waals surface area contributed by atoms with Crippen LogP contribution in [0.3, 0.4) is 0 Å². The van der Waals surface area contributed by atoms with Crippen LogP contribution in [0.4, 0.5) is 11.4 Å². The number of sulfonamides is 1. The Morgan fingerprint density at radius 3 is 2.56 bits per heavy atom. The minimum Gasteiger partial charge on any atom is -0.493 e. The van der Waals surface area contributed by atoms with E-state index in [2.05, 4.69) is 50.5 Å². The molecule has 13 nitrogen and oxygen atoms in total. The normalized spacial score (nSPS) is 17.7. The van der Waals surface area contributed by atoms with Crippen molar-refractivity contribution >= 4 is 55.5 Å². The standard InChI is InChI=1S/C49H49ClN6O7S/c1-49(2)16-14-36(43(28-49)34-8-10-37(50)11-9-34)30-54-18-20-55(21-19-54)38-12-13-41(46(25-38)63-39-24-35-15-17-51-47(35)52-29-39)48(57)53-64(60,61)40-26-44(56(58)59)42-23-33(31-62-45(42)27-40)22-32-6-4-3-5-7-32/h3-13,15,17,24-27,29,33H,14,16,18-23,28,30-31H2,1-2H3,(H,51,52)(H,53,57)/t33-/m0/s1. The Kier molecular flexibility index (Phi) is 11.9. The Hall–Kier alpha value is -6.22. The molecule has 15 heteroatoms. The van der Waals surface area contributed by atoms with Gasteiger partial charge in [-0.3, -0.25) is 19.8 Å². The molecule has 64 heavy (non-hydrogen) atoms. The first kappa shape index (κ1) is 43.1. The summed E-state index contributed by atoms with van der Waals surface area (Å²) in [5, 5.41) is 13.9. The number of aromatic nitrogens is 2. The topological polar surface area (TPSA) is 160 Å². The molecule has 1 saturated heterocycles. The van der Waals surface area contributed by atoms with Gasteiger partial charge in [-0.25, -0.2) is 18.1 Å². The van der Waals surface area contributed by atoms with Crippen molar-refractivity contribution in [2.24, 2.45) is 11.3 Å². The zero-order valence-corrected chi connectivity index (χ0v) is 37.3.